The molecule has 49 heavy (non-hydrogen) atoms. The molecule has 0 atom stereocenters. The average Bonchev–Trinajstić information content (AvgIpc) is 3.64. The summed E-state index contributed by atoms with van der Waals surface area (Å²) in [5, 5.41) is 2.21. The Balaban J connectivity index is 1.08. The molecule has 3 aromatic heterocycles. The number of aromatic nitrogens is 5. The zero-order chi connectivity index (χ0) is 33.1. The first-order valence-electron chi connectivity index (χ1n) is 16.1. The lowest BCUT2D eigenvalue weighted by Crippen LogP contribution is -2.19. The van der Waals surface area contributed by atoms with Gasteiger partial charge in [0.25, 0.3) is 0 Å². The Labute approximate surface area is 281 Å². The number of aryl methyl sites for hydroxylation is 2. The molecule has 0 aliphatic carbocycles. The third-order valence-corrected chi connectivity index (χ3v) is 9.27. The fourth-order valence-electron chi connectivity index (χ4n) is 6.57. The molecule has 0 amide bonds. The maximum absolute atomic E-state index is 12.5. The van der Waals surface area contributed by atoms with Gasteiger partial charge in [-0.05, 0) is 52.6 Å². The molecule has 0 aliphatic heterocycles. The number of benzene rings is 6. The zero-order valence-corrected chi connectivity index (χ0v) is 26.8. The Hall–Kier alpha value is -6.60. The van der Waals surface area contributed by atoms with Crippen molar-refractivity contribution in [2.45, 2.75) is 0 Å². The molecule has 234 valence electrons. The van der Waals surface area contributed by atoms with E-state index in [1.54, 1.807) is 23.2 Å². The van der Waals surface area contributed by atoms with Gasteiger partial charge in [0, 0.05) is 41.6 Å². The van der Waals surface area contributed by atoms with Crippen LogP contribution in [0.25, 0.3) is 89.4 Å². The Kier molecular flexibility index (Phi) is 6.59. The van der Waals surface area contributed by atoms with Crippen LogP contribution < -0.4 is 5.69 Å². The first kappa shape index (κ1) is 28.6. The highest BCUT2D eigenvalue weighted by atomic mass is 16.3. The number of imidazole rings is 1. The van der Waals surface area contributed by atoms with E-state index in [2.05, 4.69) is 60.7 Å². The molecule has 0 bridgehead atoms. The minimum absolute atomic E-state index is 0.0403. The molecule has 9 rings (SSSR count). The second-order valence-electron chi connectivity index (χ2n) is 12.2. The Morgan fingerprint density at radius 3 is 1.55 bits per heavy atom. The minimum atomic E-state index is -0.0403. The molecule has 7 heteroatoms. The van der Waals surface area contributed by atoms with Gasteiger partial charge in [0.15, 0.2) is 17.5 Å². The maximum Gasteiger partial charge on any atom is 0.328 e. The van der Waals surface area contributed by atoms with E-state index >= 15 is 0 Å². The quantitative estimate of drug-likeness (QED) is 0.188. The summed E-state index contributed by atoms with van der Waals surface area (Å²) < 4.78 is 9.38. The van der Waals surface area contributed by atoms with Gasteiger partial charge in [-0.25, -0.2) is 19.7 Å². The summed E-state index contributed by atoms with van der Waals surface area (Å²) in [6.45, 7) is 0. The van der Waals surface area contributed by atoms with Crippen molar-refractivity contribution < 1.29 is 4.42 Å². The number of hydrogen-bond donors (Lipinski definition) is 0. The van der Waals surface area contributed by atoms with Crippen molar-refractivity contribution in [2.24, 2.45) is 14.1 Å². The highest BCUT2D eigenvalue weighted by molar-refractivity contribution is 6.06. The third-order valence-electron chi connectivity index (χ3n) is 9.27. The van der Waals surface area contributed by atoms with E-state index in [-0.39, 0.29) is 5.69 Å². The van der Waals surface area contributed by atoms with E-state index in [1.165, 1.54) is 0 Å². The molecule has 0 radical (unpaired) electrons. The predicted octanol–water partition coefficient (Wildman–Crippen LogP) is 9.30. The van der Waals surface area contributed by atoms with Crippen molar-refractivity contribution >= 4 is 33.0 Å². The Morgan fingerprint density at radius 1 is 0.429 bits per heavy atom. The molecule has 0 fully saturated rings. The predicted molar refractivity (Wildman–Crippen MR) is 196 cm³/mol. The summed E-state index contributed by atoms with van der Waals surface area (Å²) in [5.74, 6) is 1.81. The van der Waals surface area contributed by atoms with Crippen molar-refractivity contribution in [1.29, 1.82) is 0 Å². The molecule has 0 saturated heterocycles. The van der Waals surface area contributed by atoms with Gasteiger partial charge in [-0.2, -0.15) is 0 Å². The molecule has 0 spiro atoms. The van der Waals surface area contributed by atoms with Crippen molar-refractivity contribution in [3.8, 4) is 56.4 Å². The Bertz CT molecular complexity index is 2740. The van der Waals surface area contributed by atoms with Crippen LogP contribution >= 0.6 is 0 Å². The normalized spacial score (nSPS) is 11.6. The van der Waals surface area contributed by atoms with Gasteiger partial charge in [-0.3, -0.25) is 9.13 Å². The molecule has 6 aromatic carbocycles. The van der Waals surface area contributed by atoms with Gasteiger partial charge in [-0.1, -0.05) is 109 Å². The standard InChI is InChI=1S/C42H29N5O2/c1-46-35-22-20-32(25-36(35)47(2)42(46)48)27-14-18-30(19-15-27)41-44-39(28-8-4-3-5-9-28)43-40(45-41)29-16-12-26(13-17-29)31-21-23-38-34(24-31)33-10-6-7-11-37(33)49-38/h3-25H,1-2H3. The minimum Gasteiger partial charge on any atom is -0.456 e. The Morgan fingerprint density at radius 2 is 0.898 bits per heavy atom. The van der Waals surface area contributed by atoms with Crippen molar-refractivity contribution in [1.82, 2.24) is 24.1 Å². The molecule has 0 N–H and O–H groups in total. The molecular formula is C42H29N5O2. The summed E-state index contributed by atoms with van der Waals surface area (Å²) in [7, 11) is 3.60. The van der Waals surface area contributed by atoms with Crippen LogP contribution in [-0.2, 0) is 14.1 Å². The fraction of sp³-hybridized carbons (Fsp3) is 0.0476. The molecule has 9 aromatic rings. The summed E-state index contributed by atoms with van der Waals surface area (Å²) in [5.41, 5.74) is 10.5. The summed E-state index contributed by atoms with van der Waals surface area (Å²) in [6, 6.07) is 47.1. The van der Waals surface area contributed by atoms with Crippen LogP contribution in [0.2, 0.25) is 0 Å². The van der Waals surface area contributed by atoms with E-state index in [0.29, 0.717) is 17.5 Å². The van der Waals surface area contributed by atoms with Crippen LogP contribution in [-0.4, -0.2) is 24.1 Å². The zero-order valence-electron chi connectivity index (χ0n) is 26.8. The van der Waals surface area contributed by atoms with Crippen LogP contribution in [0.4, 0.5) is 0 Å². The monoisotopic (exact) mass is 635 g/mol. The van der Waals surface area contributed by atoms with Crippen molar-refractivity contribution in [3.05, 3.63) is 150 Å². The second kappa shape index (κ2) is 11.3. The smallest absolute Gasteiger partial charge is 0.328 e. The van der Waals surface area contributed by atoms with E-state index in [9.17, 15) is 4.79 Å². The molecule has 3 heterocycles. The first-order valence-corrected chi connectivity index (χ1v) is 16.1. The van der Waals surface area contributed by atoms with E-state index in [4.69, 9.17) is 19.4 Å². The number of rotatable bonds is 5. The highest BCUT2D eigenvalue weighted by Gasteiger charge is 2.14. The lowest BCUT2D eigenvalue weighted by Gasteiger charge is -2.10. The van der Waals surface area contributed by atoms with Crippen molar-refractivity contribution in [3.63, 3.8) is 0 Å². The molecular weight excluding hydrogens is 606 g/mol. The van der Waals surface area contributed by atoms with Gasteiger partial charge in [0.1, 0.15) is 11.2 Å². The van der Waals surface area contributed by atoms with Gasteiger partial charge >= 0.3 is 5.69 Å². The van der Waals surface area contributed by atoms with Gasteiger partial charge < -0.3 is 4.42 Å². The van der Waals surface area contributed by atoms with Gasteiger partial charge in [-0.15, -0.1) is 0 Å². The number of furan rings is 1. The largest absolute Gasteiger partial charge is 0.456 e. The van der Waals surface area contributed by atoms with Crippen LogP contribution in [0.3, 0.4) is 0 Å². The third kappa shape index (κ3) is 4.91. The van der Waals surface area contributed by atoms with Gasteiger partial charge in [0.2, 0.25) is 0 Å². The number of fused-ring (bicyclic) bond motifs is 4. The lowest BCUT2D eigenvalue weighted by molar-refractivity contribution is 0.669. The average molecular weight is 636 g/mol. The number of hydrogen-bond acceptors (Lipinski definition) is 5. The van der Waals surface area contributed by atoms with E-state index in [1.807, 2.05) is 78.9 Å². The molecule has 0 saturated carbocycles. The fourth-order valence-corrected chi connectivity index (χ4v) is 6.57. The highest BCUT2D eigenvalue weighted by Crippen LogP contribution is 2.34. The molecule has 0 aliphatic rings. The van der Waals surface area contributed by atoms with Crippen LogP contribution in [0.1, 0.15) is 0 Å². The summed E-state index contributed by atoms with van der Waals surface area (Å²) >= 11 is 0. The summed E-state index contributed by atoms with van der Waals surface area (Å²) in [4.78, 5) is 27.2. The topological polar surface area (TPSA) is 78.7 Å². The number of para-hydroxylation sites is 1. The first-order chi connectivity index (χ1) is 24.0. The van der Waals surface area contributed by atoms with Crippen LogP contribution in [0, 0.1) is 0 Å². The van der Waals surface area contributed by atoms with Crippen LogP contribution in [0.5, 0.6) is 0 Å². The van der Waals surface area contributed by atoms with Crippen LogP contribution in [0.15, 0.2) is 149 Å². The maximum atomic E-state index is 12.5. The van der Waals surface area contributed by atoms with E-state index in [0.717, 1.165) is 71.9 Å². The second-order valence-corrected chi connectivity index (χ2v) is 12.2. The number of nitrogens with zero attached hydrogens (tertiary/aromatic N) is 5. The molecule has 7 nitrogen and oxygen atoms in total. The van der Waals surface area contributed by atoms with Crippen molar-refractivity contribution in [2.75, 3.05) is 0 Å². The SMILES string of the molecule is Cn1c(=O)n(C)c2cc(-c3ccc(-c4nc(-c5ccccc5)nc(-c5ccc(-c6ccc7oc8ccccc8c7c6)cc5)n4)cc3)ccc21. The molecule has 0 unspecified atom stereocenters. The van der Waals surface area contributed by atoms with Gasteiger partial charge in [0.05, 0.1) is 11.0 Å². The summed E-state index contributed by atoms with van der Waals surface area (Å²) in [6.07, 6.45) is 0. The van der Waals surface area contributed by atoms with E-state index < -0.39 is 0 Å². The lowest BCUT2D eigenvalue weighted by atomic mass is 10.0.